The van der Waals surface area contributed by atoms with Gasteiger partial charge in [-0.2, -0.15) is 0 Å². The maximum Gasteiger partial charge on any atom is 0.286 e. The van der Waals surface area contributed by atoms with Crippen molar-refractivity contribution in [2.75, 3.05) is 59.9 Å². The summed E-state index contributed by atoms with van der Waals surface area (Å²) in [6.45, 7) is 4.91. The van der Waals surface area contributed by atoms with E-state index in [2.05, 4.69) is 5.32 Å². The Morgan fingerprint density at radius 2 is 1.84 bits per heavy atom. The molecule has 2 N–H and O–H groups in total. The molecule has 1 amide bonds. The van der Waals surface area contributed by atoms with Gasteiger partial charge >= 0.3 is 0 Å². The number of nitrogens with one attached hydrogen (secondary N) is 1. The van der Waals surface area contributed by atoms with E-state index in [4.69, 9.17) is 28.8 Å². The van der Waals surface area contributed by atoms with Gasteiger partial charge in [-0.15, -0.1) is 0 Å². The molecule has 0 aliphatic carbocycles. The molecule has 8 nitrogen and oxygen atoms in total. The lowest BCUT2D eigenvalue weighted by Crippen LogP contribution is -2.40. The lowest BCUT2D eigenvalue weighted by atomic mass is 9.81. The average molecular weight is 438 g/mol. The highest BCUT2D eigenvalue weighted by Crippen LogP contribution is 2.38. The minimum atomic E-state index is -0.558. The van der Waals surface area contributed by atoms with Gasteiger partial charge in [0.25, 0.3) is 5.91 Å². The first-order valence-corrected chi connectivity index (χ1v) is 10.8. The fourth-order valence-corrected chi connectivity index (χ4v) is 3.45. The highest BCUT2D eigenvalue weighted by molar-refractivity contribution is 5.91. The second-order valence-electron chi connectivity index (χ2n) is 7.06. The molecule has 8 heteroatoms. The van der Waals surface area contributed by atoms with E-state index in [9.17, 15) is 4.79 Å². The van der Waals surface area contributed by atoms with Crippen LogP contribution in [0.5, 0.6) is 0 Å². The number of allylic oxidation sites excluding steroid dienone is 1. The Kier molecular flexibility index (Phi) is 12.2. The third kappa shape index (κ3) is 8.59. The van der Waals surface area contributed by atoms with E-state index < -0.39 is 6.29 Å². The van der Waals surface area contributed by atoms with Crippen molar-refractivity contribution < 1.29 is 33.6 Å². The number of rotatable bonds is 15. The normalized spacial score (nSPS) is 20.7. The minimum Gasteiger partial charge on any atom is -0.459 e. The van der Waals surface area contributed by atoms with Crippen molar-refractivity contribution in [3.63, 3.8) is 0 Å². The number of hydrogen-bond acceptors (Lipinski definition) is 7. The summed E-state index contributed by atoms with van der Waals surface area (Å²) in [5, 5.41) is 11.6. The zero-order chi connectivity index (χ0) is 22.3. The van der Waals surface area contributed by atoms with Gasteiger partial charge in [-0.25, -0.2) is 0 Å². The number of ether oxygens (including phenoxy) is 5. The molecule has 3 atom stereocenters. The van der Waals surface area contributed by atoms with Gasteiger partial charge in [0.1, 0.15) is 0 Å². The molecule has 1 aromatic carbocycles. The Labute approximate surface area is 184 Å². The molecule has 0 saturated heterocycles. The second-order valence-corrected chi connectivity index (χ2v) is 7.06. The Morgan fingerprint density at radius 3 is 2.52 bits per heavy atom. The van der Waals surface area contributed by atoms with E-state index >= 15 is 0 Å². The number of amides is 1. The molecule has 0 saturated carbocycles. The van der Waals surface area contributed by atoms with Gasteiger partial charge in [0, 0.05) is 38.7 Å². The van der Waals surface area contributed by atoms with Crippen molar-refractivity contribution in [2.45, 2.75) is 25.6 Å². The third-order valence-corrected chi connectivity index (χ3v) is 4.92. The van der Waals surface area contributed by atoms with Crippen LogP contribution in [0.4, 0.5) is 0 Å². The lowest BCUT2D eigenvalue weighted by molar-refractivity contribution is -0.168. The predicted octanol–water partition coefficient (Wildman–Crippen LogP) is 1.84. The Balaban J connectivity index is 2.10. The van der Waals surface area contributed by atoms with Crippen LogP contribution in [0.3, 0.4) is 0 Å². The molecule has 1 aliphatic rings. The van der Waals surface area contributed by atoms with Crippen LogP contribution >= 0.6 is 0 Å². The van der Waals surface area contributed by atoms with E-state index in [0.29, 0.717) is 52.6 Å². The van der Waals surface area contributed by atoms with Crippen molar-refractivity contribution in [1.82, 2.24) is 5.32 Å². The summed E-state index contributed by atoms with van der Waals surface area (Å²) in [7, 11) is 1.59. The largest absolute Gasteiger partial charge is 0.459 e. The van der Waals surface area contributed by atoms with E-state index in [1.807, 2.05) is 43.3 Å². The van der Waals surface area contributed by atoms with Crippen LogP contribution in [0.25, 0.3) is 0 Å². The number of hydrogen-bond donors (Lipinski definition) is 2. The molecule has 1 aliphatic heterocycles. The monoisotopic (exact) mass is 437 g/mol. The van der Waals surface area contributed by atoms with Crippen LogP contribution < -0.4 is 5.32 Å². The van der Waals surface area contributed by atoms with E-state index in [1.165, 1.54) is 0 Å². The highest BCUT2D eigenvalue weighted by Gasteiger charge is 2.37. The summed E-state index contributed by atoms with van der Waals surface area (Å²) in [4.78, 5) is 12.6. The van der Waals surface area contributed by atoms with Crippen LogP contribution in [0, 0.1) is 5.92 Å². The van der Waals surface area contributed by atoms with Crippen LogP contribution in [0.15, 0.2) is 42.2 Å². The van der Waals surface area contributed by atoms with Crippen LogP contribution in [-0.4, -0.2) is 77.2 Å². The number of carbonyl (C=O) groups excluding carboxylic acids is 1. The molecule has 1 heterocycles. The summed E-state index contributed by atoms with van der Waals surface area (Å²) in [6.07, 6.45) is 2.01. The maximum absolute atomic E-state index is 12.6. The Hall–Kier alpha value is -1.97. The molecule has 0 bridgehead atoms. The van der Waals surface area contributed by atoms with Gasteiger partial charge in [0.05, 0.1) is 33.0 Å². The van der Waals surface area contributed by atoms with E-state index in [1.54, 1.807) is 7.11 Å². The fourth-order valence-electron chi connectivity index (χ4n) is 3.45. The average Bonchev–Trinajstić information content (AvgIpc) is 2.79. The molecule has 1 aromatic rings. The maximum atomic E-state index is 12.6. The first-order valence-electron chi connectivity index (χ1n) is 10.8. The third-order valence-electron chi connectivity index (χ3n) is 4.92. The molecule has 0 spiro atoms. The minimum absolute atomic E-state index is 0.00190. The lowest BCUT2D eigenvalue weighted by Gasteiger charge is -2.37. The van der Waals surface area contributed by atoms with Crippen LogP contribution in [0.2, 0.25) is 0 Å². The number of aliphatic hydroxyl groups is 1. The van der Waals surface area contributed by atoms with Gasteiger partial charge in [-0.1, -0.05) is 30.3 Å². The molecule has 3 unspecified atom stereocenters. The number of carbonyl (C=O) groups is 1. The van der Waals surface area contributed by atoms with Crippen molar-refractivity contribution in [3.8, 4) is 0 Å². The van der Waals surface area contributed by atoms with Crippen molar-refractivity contribution in [3.05, 3.63) is 47.7 Å². The zero-order valence-electron chi connectivity index (χ0n) is 18.5. The first-order chi connectivity index (χ1) is 15.2. The summed E-state index contributed by atoms with van der Waals surface area (Å²) >= 11 is 0. The van der Waals surface area contributed by atoms with Crippen molar-refractivity contribution in [1.29, 1.82) is 0 Å². The topological polar surface area (TPSA) is 95.5 Å². The molecular formula is C23H35NO7. The van der Waals surface area contributed by atoms with Crippen molar-refractivity contribution in [2.24, 2.45) is 5.92 Å². The second kappa shape index (κ2) is 14.9. The predicted molar refractivity (Wildman–Crippen MR) is 115 cm³/mol. The molecule has 0 fully saturated rings. The van der Waals surface area contributed by atoms with Gasteiger partial charge in [0.2, 0.25) is 6.29 Å². The highest BCUT2D eigenvalue weighted by atomic mass is 16.7. The fraction of sp³-hybridized carbons (Fsp3) is 0.609. The SMILES string of the molecule is CCOC1OC(C(=O)NCCOC)=CC(c2ccccc2)C1CCOCCOCCO. The van der Waals surface area contributed by atoms with Gasteiger partial charge in [-0.3, -0.25) is 4.79 Å². The first kappa shape index (κ1) is 25.3. The van der Waals surface area contributed by atoms with E-state index in [-0.39, 0.29) is 30.1 Å². The molecule has 174 valence electrons. The smallest absolute Gasteiger partial charge is 0.286 e. The number of aliphatic hydroxyl groups excluding tert-OH is 1. The van der Waals surface area contributed by atoms with Gasteiger partial charge in [0.15, 0.2) is 5.76 Å². The molecule has 31 heavy (non-hydrogen) atoms. The Bertz CT molecular complexity index is 653. The van der Waals surface area contributed by atoms with E-state index in [0.717, 1.165) is 5.56 Å². The van der Waals surface area contributed by atoms with Gasteiger partial charge in [-0.05, 0) is 25.0 Å². The summed E-state index contributed by atoms with van der Waals surface area (Å²) < 4.78 is 27.8. The molecule has 2 rings (SSSR count). The number of methoxy groups -OCH3 is 1. The number of benzene rings is 1. The van der Waals surface area contributed by atoms with Crippen molar-refractivity contribution >= 4 is 5.91 Å². The van der Waals surface area contributed by atoms with Crippen LogP contribution in [0.1, 0.15) is 24.8 Å². The van der Waals surface area contributed by atoms with Crippen LogP contribution in [-0.2, 0) is 28.5 Å². The summed E-state index contributed by atoms with van der Waals surface area (Å²) in [5.41, 5.74) is 1.09. The summed E-state index contributed by atoms with van der Waals surface area (Å²) in [6, 6.07) is 10.0. The summed E-state index contributed by atoms with van der Waals surface area (Å²) in [5.74, 6) is -0.0865. The molecule has 0 aromatic heterocycles. The quantitative estimate of drug-likeness (QED) is 0.404. The standard InChI is InChI=1S/C23H35NO7/c1-3-30-23-19(9-12-28-15-16-29-14-11-25)20(18-7-5-4-6-8-18)17-21(31-23)22(26)24-10-13-27-2/h4-8,17,19-20,23,25H,3,9-16H2,1-2H3,(H,24,26). The Morgan fingerprint density at radius 1 is 1.10 bits per heavy atom. The zero-order valence-corrected chi connectivity index (χ0v) is 18.5. The molecular weight excluding hydrogens is 402 g/mol. The van der Waals surface area contributed by atoms with Gasteiger partial charge < -0.3 is 34.1 Å². The molecule has 0 radical (unpaired) electrons.